The van der Waals surface area contributed by atoms with E-state index in [0.29, 0.717) is 32.4 Å². The highest BCUT2D eigenvalue weighted by Gasteiger charge is 2.25. The number of aliphatic hydroxyl groups excluding tert-OH is 2. The number of aliphatic hydroxyl groups is 2. The van der Waals surface area contributed by atoms with Gasteiger partial charge in [-0.05, 0) is 80.7 Å². The van der Waals surface area contributed by atoms with Gasteiger partial charge in [0.15, 0.2) is 23.9 Å². The average Bonchev–Trinajstić information content (AvgIpc) is 3.80. The van der Waals surface area contributed by atoms with Crippen molar-refractivity contribution in [2.24, 2.45) is 11.8 Å². The Morgan fingerprint density at radius 3 is 1.81 bits per heavy atom. The maximum Gasteiger partial charge on any atom is 0.499 e. The van der Waals surface area contributed by atoms with Crippen LogP contribution in [0.3, 0.4) is 0 Å². The largest absolute Gasteiger partial charge is 0.499 e. The van der Waals surface area contributed by atoms with E-state index in [-0.39, 0.29) is 13.2 Å². The molecule has 0 saturated heterocycles. The molecule has 6 aromatic heterocycles. The lowest BCUT2D eigenvalue weighted by Gasteiger charge is -2.07. The number of thiophene rings is 2. The van der Waals surface area contributed by atoms with E-state index < -0.39 is 7.12 Å². The Balaban J connectivity index is 0.000000135. The Hall–Kier alpha value is -3.83. The third-order valence-corrected chi connectivity index (χ3v) is 10.3. The Kier molecular flexibility index (Phi) is 10.8. The van der Waals surface area contributed by atoms with E-state index in [0.717, 1.165) is 69.0 Å². The predicted molar refractivity (Wildman–Crippen MR) is 184 cm³/mol. The lowest BCUT2D eigenvalue weighted by Crippen LogP contribution is -2.26. The number of hydrogen-bond acceptors (Lipinski definition) is 12. The summed E-state index contributed by atoms with van der Waals surface area (Å²) in [6.45, 7) is -0.00843. The maximum atomic E-state index is 11.2. The zero-order valence-electron chi connectivity index (χ0n) is 25.6. The lowest BCUT2D eigenvalue weighted by molar-refractivity contribution is 0.111. The van der Waals surface area contributed by atoms with Gasteiger partial charge in [0.2, 0.25) is 0 Å². The number of aromatic nitrogens is 6. The fourth-order valence-corrected chi connectivity index (χ4v) is 6.87. The van der Waals surface area contributed by atoms with Crippen LogP contribution in [0.4, 0.5) is 0 Å². The molecule has 6 heterocycles. The first-order chi connectivity index (χ1) is 23.3. The molecule has 48 heavy (non-hydrogen) atoms. The minimum Gasteiger partial charge on any atom is -0.423 e. The van der Waals surface area contributed by atoms with Gasteiger partial charge in [0, 0.05) is 25.9 Å². The first-order valence-corrected chi connectivity index (χ1v) is 17.4. The van der Waals surface area contributed by atoms with Crippen LogP contribution in [0, 0.1) is 11.8 Å². The highest BCUT2D eigenvalue weighted by molar-refractivity contribution is 7.22. The molecule has 0 aromatic carbocycles. The van der Waals surface area contributed by atoms with Crippen molar-refractivity contribution in [3.8, 4) is 10.6 Å². The number of hydrogen-bond donors (Lipinski definition) is 4. The van der Waals surface area contributed by atoms with Gasteiger partial charge in [-0.1, -0.05) is 17.7 Å². The number of rotatable bonds is 10. The normalized spacial score (nSPS) is 13.9. The van der Waals surface area contributed by atoms with Crippen molar-refractivity contribution in [3.05, 3.63) is 86.2 Å². The van der Waals surface area contributed by atoms with Crippen molar-refractivity contribution in [3.63, 3.8) is 0 Å². The molecule has 0 radical (unpaired) electrons. The van der Waals surface area contributed by atoms with Gasteiger partial charge in [-0.2, -0.15) is 10.2 Å². The molecule has 0 unspecified atom stereocenters. The van der Waals surface area contributed by atoms with Crippen molar-refractivity contribution < 1.29 is 29.9 Å². The molecule has 248 valence electrons. The highest BCUT2D eigenvalue weighted by atomic mass is 35.5. The van der Waals surface area contributed by atoms with E-state index in [9.17, 15) is 14.7 Å². The Morgan fingerprint density at radius 1 is 0.792 bits per heavy atom. The Bertz CT molecular complexity index is 2050. The monoisotopic (exact) mass is 706 g/mol. The molecular weight excluding hydrogens is 675 g/mol. The van der Waals surface area contributed by atoms with Crippen molar-refractivity contribution in [2.75, 3.05) is 0 Å². The average molecular weight is 707 g/mol. The molecule has 16 heteroatoms. The summed E-state index contributed by atoms with van der Waals surface area (Å²) < 4.78 is 3.96. The number of carbonyl (C=O) groups excluding carboxylic acids is 2. The molecule has 12 nitrogen and oxygen atoms in total. The SMILES string of the molecule is O=Cc1cnn2c(CC3CC3)cc(-c3ccc(CO)s3)nc12.O=Cc1cnn2c(CC3CC3)cc(Cl)nc12.OCc1ccc(B(O)O)s1. The lowest BCUT2D eigenvalue weighted by atomic mass is 9.90. The molecule has 2 aliphatic rings. The van der Waals surface area contributed by atoms with Crippen LogP contribution in [0.15, 0.2) is 48.8 Å². The van der Waals surface area contributed by atoms with Gasteiger partial charge < -0.3 is 20.3 Å². The van der Waals surface area contributed by atoms with E-state index >= 15 is 0 Å². The molecular formula is C32H32BClN6O6S2. The number of nitrogens with zero attached hydrogens (tertiary/aromatic N) is 6. The summed E-state index contributed by atoms with van der Waals surface area (Å²) in [5.41, 5.74) is 5.13. The molecule has 8 rings (SSSR count). The molecule has 0 bridgehead atoms. The highest BCUT2D eigenvalue weighted by Crippen LogP contribution is 2.35. The summed E-state index contributed by atoms with van der Waals surface area (Å²) in [6.07, 6.45) is 11.6. The van der Waals surface area contributed by atoms with Gasteiger partial charge in [-0.3, -0.25) is 9.59 Å². The molecule has 0 aliphatic heterocycles. The zero-order valence-corrected chi connectivity index (χ0v) is 28.0. The van der Waals surface area contributed by atoms with E-state index in [1.165, 1.54) is 54.6 Å². The minimum atomic E-state index is -1.41. The number of halogens is 1. The number of aldehydes is 2. The second kappa shape index (κ2) is 15.2. The van der Waals surface area contributed by atoms with Crippen LogP contribution < -0.4 is 4.78 Å². The Labute approximate surface area is 288 Å². The second-order valence-corrected chi connectivity index (χ2v) is 14.4. The van der Waals surface area contributed by atoms with Gasteiger partial charge in [-0.15, -0.1) is 22.7 Å². The van der Waals surface area contributed by atoms with Gasteiger partial charge >= 0.3 is 7.12 Å². The molecule has 2 saturated carbocycles. The molecule has 0 spiro atoms. The van der Waals surface area contributed by atoms with Crippen molar-refractivity contribution in [1.82, 2.24) is 29.2 Å². The fraction of sp³-hybridized carbons (Fsp3) is 0.312. The van der Waals surface area contributed by atoms with Crippen molar-refractivity contribution in [1.29, 1.82) is 0 Å². The van der Waals surface area contributed by atoms with Gasteiger partial charge in [-0.25, -0.2) is 19.0 Å². The third kappa shape index (κ3) is 8.06. The molecule has 4 N–H and O–H groups in total. The van der Waals surface area contributed by atoms with Gasteiger partial charge in [0.1, 0.15) is 5.15 Å². The second-order valence-electron chi connectivity index (χ2n) is 11.7. The standard InChI is InChI=1S/C16H15N3O2S.C11H10ClN3O.C5H7BO3S/c20-8-11-7-17-19-12(5-10-1-2-10)6-14(18-16(11)19)15-4-3-13(9-21)22-15;12-10-4-9(3-7-1-2-7)15-11(14-10)8(6-16)5-13-15;7-3-4-1-2-5(10-4)6(8)9/h3-4,6-8,10,21H,1-2,5,9H2;4-7H,1-3H2;1-2,7-9H,3H2. The summed E-state index contributed by atoms with van der Waals surface area (Å²) in [5, 5.41) is 44.0. The van der Waals surface area contributed by atoms with E-state index in [1.54, 1.807) is 27.4 Å². The fourth-order valence-electron chi connectivity index (χ4n) is 5.09. The summed E-state index contributed by atoms with van der Waals surface area (Å²) in [7, 11) is -1.41. The quantitative estimate of drug-likeness (QED) is 0.0932. The van der Waals surface area contributed by atoms with Crippen LogP contribution in [-0.4, -0.2) is 69.1 Å². The maximum absolute atomic E-state index is 11.2. The molecule has 0 atom stereocenters. The van der Waals surface area contributed by atoms with E-state index in [2.05, 4.69) is 26.2 Å². The predicted octanol–water partition coefficient (Wildman–Crippen LogP) is 3.78. The topological polar surface area (TPSA) is 175 Å². The van der Waals surface area contributed by atoms with Crippen LogP contribution >= 0.6 is 34.3 Å². The third-order valence-electron chi connectivity index (χ3n) is 7.92. The minimum absolute atomic E-state index is 0.0358. The first kappa shape index (κ1) is 34.1. The van der Waals surface area contributed by atoms with Crippen molar-refractivity contribution >= 4 is 70.0 Å². The number of carbonyl (C=O) groups is 2. The molecule has 6 aromatic rings. The summed E-state index contributed by atoms with van der Waals surface area (Å²) in [6, 6.07) is 11.0. The summed E-state index contributed by atoms with van der Waals surface area (Å²) in [4.78, 5) is 33.4. The van der Waals surface area contributed by atoms with Crippen LogP contribution in [0.5, 0.6) is 0 Å². The molecule has 2 aliphatic carbocycles. The smallest absolute Gasteiger partial charge is 0.423 e. The van der Waals surface area contributed by atoms with Crippen molar-refractivity contribution in [2.45, 2.75) is 51.7 Å². The van der Waals surface area contributed by atoms with Crippen LogP contribution in [0.25, 0.3) is 21.9 Å². The number of fused-ring (bicyclic) bond motifs is 2. The van der Waals surface area contributed by atoms with Crippen LogP contribution in [-0.2, 0) is 26.1 Å². The van der Waals surface area contributed by atoms with Crippen LogP contribution in [0.2, 0.25) is 5.15 Å². The molecule has 0 amide bonds. The summed E-state index contributed by atoms with van der Waals surface area (Å²) >= 11 is 8.66. The van der Waals surface area contributed by atoms with E-state index in [1.807, 2.05) is 18.2 Å². The van der Waals surface area contributed by atoms with Gasteiger partial charge in [0.25, 0.3) is 0 Å². The van der Waals surface area contributed by atoms with E-state index in [4.69, 9.17) is 26.8 Å². The molecule has 2 fully saturated rings. The Morgan fingerprint density at radius 2 is 1.33 bits per heavy atom. The zero-order chi connectivity index (χ0) is 33.8. The summed E-state index contributed by atoms with van der Waals surface area (Å²) in [5.74, 6) is 1.46. The van der Waals surface area contributed by atoms with Gasteiger partial charge in [0.05, 0.1) is 47.3 Å². The first-order valence-electron chi connectivity index (χ1n) is 15.4. The van der Waals surface area contributed by atoms with Crippen LogP contribution in [0.1, 0.15) is 67.5 Å².